The molecule has 0 saturated heterocycles. The van der Waals surface area contributed by atoms with Gasteiger partial charge in [0.15, 0.2) is 0 Å². The molecule has 0 atom stereocenters. The van der Waals surface area contributed by atoms with Crippen molar-refractivity contribution >= 4 is 0 Å². The van der Waals surface area contributed by atoms with Crippen LogP contribution in [0.3, 0.4) is 0 Å². The van der Waals surface area contributed by atoms with E-state index < -0.39 is 0 Å². The van der Waals surface area contributed by atoms with Gasteiger partial charge in [-0.2, -0.15) is 0 Å². The summed E-state index contributed by atoms with van der Waals surface area (Å²) in [5.41, 5.74) is 0. The molecule has 0 amide bonds. The molecule has 134 valence electrons. The third-order valence-corrected chi connectivity index (χ3v) is 4.71. The third kappa shape index (κ3) is 9.71. The van der Waals surface area contributed by atoms with Gasteiger partial charge < -0.3 is 29.4 Å². The number of quaternary nitrogens is 2. The molecule has 0 aromatic heterocycles. The van der Waals surface area contributed by atoms with E-state index in [-0.39, 0.29) is 26.4 Å². The van der Waals surface area contributed by atoms with Crippen LogP contribution < -0.4 is 0 Å². The van der Waals surface area contributed by atoms with E-state index in [9.17, 15) is 0 Å². The first-order valence-electron chi connectivity index (χ1n) is 8.56. The first kappa shape index (κ1) is 21.8. The van der Waals surface area contributed by atoms with Crippen LogP contribution in [0.4, 0.5) is 0 Å². The summed E-state index contributed by atoms with van der Waals surface area (Å²) in [6, 6.07) is 0. The summed E-state index contributed by atoms with van der Waals surface area (Å²) in [6.45, 7) is 5.41. The molecule has 0 aromatic carbocycles. The smallest absolute Gasteiger partial charge is 0.102 e. The second-order valence-electron chi connectivity index (χ2n) is 6.89. The Kier molecular flexibility index (Phi) is 12.1. The van der Waals surface area contributed by atoms with Gasteiger partial charge in [0, 0.05) is 0 Å². The Labute approximate surface area is 135 Å². The fourth-order valence-electron chi connectivity index (χ4n) is 2.98. The van der Waals surface area contributed by atoms with Gasteiger partial charge in [-0.1, -0.05) is 0 Å². The fourth-order valence-corrected chi connectivity index (χ4v) is 2.98. The molecule has 0 spiro atoms. The van der Waals surface area contributed by atoms with E-state index >= 15 is 0 Å². The predicted octanol–water partition coefficient (Wildman–Crippen LogP) is -0.591. The average molecular weight is 322 g/mol. The minimum absolute atomic E-state index is 0.161. The Morgan fingerprint density at radius 3 is 0.955 bits per heavy atom. The van der Waals surface area contributed by atoms with Crippen LogP contribution in [0.2, 0.25) is 0 Å². The average Bonchev–Trinajstić information content (AvgIpc) is 2.44. The Morgan fingerprint density at radius 2 is 0.727 bits per heavy atom. The van der Waals surface area contributed by atoms with Crippen molar-refractivity contribution in [2.45, 2.75) is 25.7 Å². The van der Waals surface area contributed by atoms with Crippen molar-refractivity contribution in [3.05, 3.63) is 0 Å². The van der Waals surface area contributed by atoms with Crippen LogP contribution >= 0.6 is 0 Å². The summed E-state index contributed by atoms with van der Waals surface area (Å²) in [4.78, 5) is 0. The lowest BCUT2D eigenvalue weighted by atomic mass is 10.1. The number of likely N-dealkylation sites (N-methyl/N-ethyl adjacent to an activating group) is 2. The maximum Gasteiger partial charge on any atom is 0.102 e. The van der Waals surface area contributed by atoms with Gasteiger partial charge in [0.05, 0.1) is 53.6 Å². The minimum atomic E-state index is 0.161. The summed E-state index contributed by atoms with van der Waals surface area (Å²) < 4.78 is 1.46. The molecule has 6 nitrogen and oxygen atoms in total. The number of hydrogen-bond donors (Lipinski definition) is 4. The maximum absolute atomic E-state index is 9.12. The molecule has 0 rings (SSSR count). The van der Waals surface area contributed by atoms with Gasteiger partial charge in [0.1, 0.15) is 26.2 Å². The lowest BCUT2D eigenvalue weighted by Crippen LogP contribution is -2.49. The SMILES string of the molecule is C[N+](CCO)(CCO)CCCCCC[N+](C)(CCO)CCO. The largest absolute Gasteiger partial charge is 0.391 e. The van der Waals surface area contributed by atoms with Crippen molar-refractivity contribution in [3.8, 4) is 0 Å². The number of rotatable bonds is 15. The summed E-state index contributed by atoms with van der Waals surface area (Å²) >= 11 is 0. The van der Waals surface area contributed by atoms with Crippen LogP contribution in [-0.2, 0) is 0 Å². The Balaban J connectivity index is 3.91. The van der Waals surface area contributed by atoms with Crippen molar-refractivity contribution in [3.63, 3.8) is 0 Å². The Hall–Kier alpha value is -0.240. The van der Waals surface area contributed by atoms with Crippen LogP contribution in [0.5, 0.6) is 0 Å². The number of unbranched alkanes of at least 4 members (excludes halogenated alkanes) is 3. The Morgan fingerprint density at radius 1 is 0.455 bits per heavy atom. The predicted molar refractivity (Wildman–Crippen MR) is 88.4 cm³/mol. The molecular formula is C16H38N2O4+2. The van der Waals surface area contributed by atoms with E-state index in [0.29, 0.717) is 26.2 Å². The highest BCUT2D eigenvalue weighted by atomic mass is 16.3. The lowest BCUT2D eigenvalue weighted by Gasteiger charge is -2.34. The van der Waals surface area contributed by atoms with Crippen LogP contribution in [0.1, 0.15) is 25.7 Å². The molecule has 0 bridgehead atoms. The molecule has 4 N–H and O–H groups in total. The van der Waals surface area contributed by atoms with Gasteiger partial charge >= 0.3 is 0 Å². The molecule has 0 aliphatic rings. The topological polar surface area (TPSA) is 80.9 Å². The summed E-state index contributed by atoms with van der Waals surface area (Å²) in [6.07, 6.45) is 4.48. The molecular weight excluding hydrogens is 284 g/mol. The number of hydrogen-bond acceptors (Lipinski definition) is 4. The van der Waals surface area contributed by atoms with Crippen molar-refractivity contribution in [1.82, 2.24) is 0 Å². The van der Waals surface area contributed by atoms with Crippen molar-refractivity contribution in [2.75, 3.05) is 79.8 Å². The van der Waals surface area contributed by atoms with E-state index in [2.05, 4.69) is 14.1 Å². The molecule has 0 heterocycles. The minimum Gasteiger partial charge on any atom is -0.391 e. The number of nitrogens with zero attached hydrogens (tertiary/aromatic N) is 2. The van der Waals surface area contributed by atoms with Crippen LogP contribution in [0.15, 0.2) is 0 Å². The number of aliphatic hydroxyl groups is 4. The highest BCUT2D eigenvalue weighted by Crippen LogP contribution is 2.10. The molecule has 0 aromatic rings. The van der Waals surface area contributed by atoms with Crippen molar-refractivity contribution in [1.29, 1.82) is 0 Å². The zero-order valence-electron chi connectivity index (χ0n) is 14.6. The van der Waals surface area contributed by atoms with E-state index in [1.165, 1.54) is 0 Å². The summed E-state index contributed by atoms with van der Waals surface area (Å²) in [7, 11) is 4.17. The first-order valence-corrected chi connectivity index (χ1v) is 8.56. The molecule has 0 aliphatic carbocycles. The zero-order chi connectivity index (χ0) is 16.9. The van der Waals surface area contributed by atoms with Gasteiger partial charge in [0.2, 0.25) is 0 Å². The first-order chi connectivity index (χ1) is 10.4. The summed E-state index contributed by atoms with van der Waals surface area (Å²) in [5.74, 6) is 0. The van der Waals surface area contributed by atoms with Gasteiger partial charge in [-0.15, -0.1) is 0 Å². The third-order valence-electron chi connectivity index (χ3n) is 4.71. The molecule has 0 fully saturated rings. The molecule has 22 heavy (non-hydrogen) atoms. The fraction of sp³-hybridized carbons (Fsp3) is 1.00. The van der Waals surface area contributed by atoms with E-state index in [1.807, 2.05) is 0 Å². The van der Waals surface area contributed by atoms with Crippen LogP contribution in [-0.4, -0.2) is 109 Å². The highest BCUT2D eigenvalue weighted by Gasteiger charge is 2.21. The van der Waals surface area contributed by atoms with Crippen LogP contribution in [0.25, 0.3) is 0 Å². The second kappa shape index (κ2) is 12.2. The maximum atomic E-state index is 9.12. The molecule has 0 aliphatic heterocycles. The normalized spacial score (nSPS) is 12.8. The molecule has 0 radical (unpaired) electrons. The van der Waals surface area contributed by atoms with Gasteiger partial charge in [-0.25, -0.2) is 0 Å². The van der Waals surface area contributed by atoms with Crippen molar-refractivity contribution in [2.24, 2.45) is 0 Å². The van der Waals surface area contributed by atoms with Gasteiger partial charge in [-0.05, 0) is 25.7 Å². The summed E-state index contributed by atoms with van der Waals surface area (Å²) in [5, 5.41) is 36.5. The molecule has 0 unspecified atom stereocenters. The monoisotopic (exact) mass is 322 g/mol. The Bertz CT molecular complexity index is 227. The van der Waals surface area contributed by atoms with Crippen molar-refractivity contribution < 1.29 is 29.4 Å². The van der Waals surface area contributed by atoms with E-state index in [4.69, 9.17) is 20.4 Å². The number of aliphatic hydroxyl groups excluding tert-OH is 4. The van der Waals surface area contributed by atoms with E-state index in [0.717, 1.165) is 47.7 Å². The van der Waals surface area contributed by atoms with Crippen LogP contribution in [0, 0.1) is 0 Å². The highest BCUT2D eigenvalue weighted by molar-refractivity contribution is 4.47. The molecule has 0 saturated carbocycles. The quantitative estimate of drug-likeness (QED) is 0.240. The van der Waals surface area contributed by atoms with Gasteiger partial charge in [0.25, 0.3) is 0 Å². The lowest BCUT2D eigenvalue weighted by molar-refractivity contribution is -0.911. The standard InChI is InChI=1S/C16H38N2O4/c1-17(9-13-19,10-14-20)7-5-3-4-6-8-18(2,11-15-21)12-16-22/h19-22H,3-16H2,1-2H3/q+2. The zero-order valence-corrected chi connectivity index (χ0v) is 14.6. The molecule has 6 heteroatoms. The van der Waals surface area contributed by atoms with E-state index in [1.54, 1.807) is 0 Å². The second-order valence-corrected chi connectivity index (χ2v) is 6.89. The van der Waals surface area contributed by atoms with Gasteiger partial charge in [-0.3, -0.25) is 0 Å².